The predicted molar refractivity (Wildman–Crippen MR) is 71.0 cm³/mol. The molecule has 1 saturated heterocycles. The first-order valence-corrected chi connectivity index (χ1v) is 7.54. The normalized spacial score (nSPS) is 24.3. The van der Waals surface area contributed by atoms with Crippen LogP contribution in [-0.2, 0) is 4.79 Å². The lowest BCUT2D eigenvalue weighted by molar-refractivity contribution is -0.124. The highest BCUT2D eigenvalue weighted by molar-refractivity contribution is 5.83. The third-order valence-electron chi connectivity index (χ3n) is 4.59. The minimum Gasteiger partial charge on any atom is -0.298 e. The minimum absolute atomic E-state index is 0.406. The van der Waals surface area contributed by atoms with Crippen LogP contribution in [0.3, 0.4) is 0 Å². The molecule has 0 aromatic rings. The van der Waals surface area contributed by atoms with Crippen molar-refractivity contribution in [3.63, 3.8) is 0 Å². The number of likely N-dealkylation sites (tertiary alicyclic amines) is 1. The maximum Gasteiger partial charge on any atom is 0.149 e. The summed E-state index contributed by atoms with van der Waals surface area (Å²) in [7, 11) is 0. The predicted octanol–water partition coefficient (Wildman–Crippen LogP) is 3.26. The van der Waals surface area contributed by atoms with Crippen LogP contribution in [0.25, 0.3) is 0 Å². The van der Waals surface area contributed by atoms with Crippen LogP contribution in [-0.4, -0.2) is 30.3 Å². The van der Waals surface area contributed by atoms with E-state index in [9.17, 15) is 4.79 Å². The standard InChI is InChI=1S/C15H27NO/c1-2-5-13-8-10-16(11-9-13)12-15(17)14-6-3-4-7-14/h13-14H,2-12H2,1H3. The lowest BCUT2D eigenvalue weighted by atomic mass is 9.92. The second kappa shape index (κ2) is 6.53. The highest BCUT2D eigenvalue weighted by atomic mass is 16.1. The van der Waals surface area contributed by atoms with Crippen molar-refractivity contribution >= 4 is 5.78 Å². The first-order chi connectivity index (χ1) is 8.29. The Kier molecular flexibility index (Phi) is 5.02. The van der Waals surface area contributed by atoms with Crippen LogP contribution >= 0.6 is 0 Å². The highest BCUT2D eigenvalue weighted by Gasteiger charge is 2.26. The molecule has 0 amide bonds. The molecule has 2 fully saturated rings. The molecule has 0 N–H and O–H groups in total. The third kappa shape index (κ3) is 3.80. The molecule has 1 heterocycles. The Morgan fingerprint density at radius 2 is 1.76 bits per heavy atom. The molecule has 1 aliphatic heterocycles. The van der Waals surface area contributed by atoms with Crippen LogP contribution in [0.4, 0.5) is 0 Å². The molecule has 0 radical (unpaired) electrons. The van der Waals surface area contributed by atoms with Gasteiger partial charge in [0.2, 0.25) is 0 Å². The molecule has 0 aromatic heterocycles. The molecular formula is C15H27NO. The number of hydrogen-bond acceptors (Lipinski definition) is 2. The van der Waals surface area contributed by atoms with E-state index in [4.69, 9.17) is 0 Å². The van der Waals surface area contributed by atoms with E-state index in [1.165, 1.54) is 38.5 Å². The van der Waals surface area contributed by atoms with Crippen molar-refractivity contribution in [2.24, 2.45) is 11.8 Å². The number of ketones is 1. The van der Waals surface area contributed by atoms with Crippen molar-refractivity contribution in [2.45, 2.75) is 58.3 Å². The fourth-order valence-corrected chi connectivity index (χ4v) is 3.44. The minimum atomic E-state index is 0.406. The Hall–Kier alpha value is -0.370. The second-order valence-electron chi connectivity index (χ2n) is 5.96. The summed E-state index contributed by atoms with van der Waals surface area (Å²) in [6.07, 6.45) is 10.2. The first kappa shape index (κ1) is 13.1. The number of hydrogen-bond donors (Lipinski definition) is 0. The van der Waals surface area contributed by atoms with E-state index >= 15 is 0 Å². The van der Waals surface area contributed by atoms with E-state index in [1.807, 2.05) is 0 Å². The highest BCUT2D eigenvalue weighted by Crippen LogP contribution is 2.27. The molecule has 2 heteroatoms. The largest absolute Gasteiger partial charge is 0.298 e. The van der Waals surface area contributed by atoms with Gasteiger partial charge in [-0.25, -0.2) is 0 Å². The summed E-state index contributed by atoms with van der Waals surface area (Å²) in [5, 5.41) is 0. The van der Waals surface area contributed by atoms with Gasteiger partial charge in [0.25, 0.3) is 0 Å². The van der Waals surface area contributed by atoms with E-state index in [1.54, 1.807) is 0 Å². The maximum absolute atomic E-state index is 12.1. The molecule has 0 aromatic carbocycles. The zero-order valence-corrected chi connectivity index (χ0v) is 11.3. The van der Waals surface area contributed by atoms with E-state index in [-0.39, 0.29) is 0 Å². The Morgan fingerprint density at radius 1 is 1.12 bits per heavy atom. The van der Waals surface area contributed by atoms with Crippen LogP contribution < -0.4 is 0 Å². The SMILES string of the molecule is CCCC1CCN(CC(=O)C2CCCC2)CC1. The van der Waals surface area contributed by atoms with Crippen molar-refractivity contribution in [3.8, 4) is 0 Å². The van der Waals surface area contributed by atoms with Crippen LogP contribution in [0.15, 0.2) is 0 Å². The Morgan fingerprint density at radius 3 is 2.35 bits per heavy atom. The zero-order valence-electron chi connectivity index (χ0n) is 11.3. The smallest absolute Gasteiger partial charge is 0.149 e. The first-order valence-electron chi connectivity index (χ1n) is 7.54. The Labute approximate surface area is 106 Å². The topological polar surface area (TPSA) is 20.3 Å². The molecular weight excluding hydrogens is 210 g/mol. The molecule has 17 heavy (non-hydrogen) atoms. The van der Waals surface area contributed by atoms with Gasteiger partial charge in [-0.1, -0.05) is 32.6 Å². The molecule has 0 atom stereocenters. The monoisotopic (exact) mass is 237 g/mol. The lowest BCUT2D eigenvalue weighted by Gasteiger charge is -2.31. The van der Waals surface area contributed by atoms with E-state index in [0.29, 0.717) is 11.7 Å². The zero-order chi connectivity index (χ0) is 12.1. The lowest BCUT2D eigenvalue weighted by Crippen LogP contribution is -2.38. The molecule has 98 valence electrons. The fourth-order valence-electron chi connectivity index (χ4n) is 3.44. The van der Waals surface area contributed by atoms with Gasteiger partial charge in [0.05, 0.1) is 6.54 Å². The van der Waals surface area contributed by atoms with Crippen molar-refractivity contribution < 1.29 is 4.79 Å². The molecule has 0 bridgehead atoms. The van der Waals surface area contributed by atoms with Gasteiger partial charge in [-0.3, -0.25) is 9.69 Å². The number of nitrogens with zero attached hydrogens (tertiary/aromatic N) is 1. The summed E-state index contributed by atoms with van der Waals surface area (Å²) in [4.78, 5) is 14.5. The number of carbonyl (C=O) groups excluding carboxylic acids is 1. The van der Waals surface area contributed by atoms with E-state index < -0.39 is 0 Å². The summed E-state index contributed by atoms with van der Waals surface area (Å²) in [6.45, 7) is 5.33. The average molecular weight is 237 g/mol. The Balaban J connectivity index is 1.68. The van der Waals surface area contributed by atoms with Gasteiger partial charge >= 0.3 is 0 Å². The number of carbonyl (C=O) groups is 1. The van der Waals surface area contributed by atoms with Crippen molar-refractivity contribution in [3.05, 3.63) is 0 Å². The van der Waals surface area contributed by atoms with Gasteiger partial charge in [0.15, 0.2) is 0 Å². The van der Waals surface area contributed by atoms with Crippen LogP contribution in [0, 0.1) is 11.8 Å². The molecule has 0 unspecified atom stereocenters. The van der Waals surface area contributed by atoms with Crippen molar-refractivity contribution in [1.82, 2.24) is 4.90 Å². The molecule has 0 spiro atoms. The number of rotatable bonds is 5. The third-order valence-corrected chi connectivity index (χ3v) is 4.59. The van der Waals surface area contributed by atoms with Crippen LogP contribution in [0.2, 0.25) is 0 Å². The maximum atomic E-state index is 12.1. The number of piperidine rings is 1. The molecule has 2 nitrogen and oxygen atoms in total. The van der Waals surface area contributed by atoms with Gasteiger partial charge in [0, 0.05) is 5.92 Å². The Bertz CT molecular complexity index is 237. The van der Waals surface area contributed by atoms with E-state index in [0.717, 1.165) is 38.4 Å². The summed E-state index contributed by atoms with van der Waals surface area (Å²) >= 11 is 0. The molecule has 1 aliphatic carbocycles. The quantitative estimate of drug-likeness (QED) is 0.731. The van der Waals surface area contributed by atoms with Gasteiger partial charge in [0.1, 0.15) is 5.78 Å². The van der Waals surface area contributed by atoms with Crippen molar-refractivity contribution in [1.29, 1.82) is 0 Å². The number of Topliss-reactive ketones (excluding diaryl/α,β-unsaturated/α-hetero) is 1. The van der Waals surface area contributed by atoms with Gasteiger partial charge < -0.3 is 0 Å². The molecule has 2 aliphatic rings. The van der Waals surface area contributed by atoms with Gasteiger partial charge in [-0.05, 0) is 44.7 Å². The van der Waals surface area contributed by atoms with Crippen LogP contribution in [0.5, 0.6) is 0 Å². The molecule has 2 rings (SSSR count). The summed E-state index contributed by atoms with van der Waals surface area (Å²) < 4.78 is 0. The molecule has 1 saturated carbocycles. The average Bonchev–Trinajstić information content (AvgIpc) is 2.86. The fraction of sp³-hybridized carbons (Fsp3) is 0.933. The summed E-state index contributed by atoms with van der Waals surface area (Å²) in [5.41, 5.74) is 0. The second-order valence-corrected chi connectivity index (χ2v) is 5.96. The summed E-state index contributed by atoms with van der Waals surface area (Å²) in [6, 6.07) is 0. The van der Waals surface area contributed by atoms with Crippen molar-refractivity contribution in [2.75, 3.05) is 19.6 Å². The van der Waals surface area contributed by atoms with E-state index in [2.05, 4.69) is 11.8 Å². The van der Waals surface area contributed by atoms with Gasteiger partial charge in [-0.2, -0.15) is 0 Å². The van der Waals surface area contributed by atoms with Crippen LogP contribution in [0.1, 0.15) is 58.3 Å². The summed E-state index contributed by atoms with van der Waals surface area (Å²) in [5.74, 6) is 1.86. The van der Waals surface area contributed by atoms with Gasteiger partial charge in [-0.15, -0.1) is 0 Å².